The average molecular weight is 696 g/mol. The van der Waals surface area contributed by atoms with Gasteiger partial charge in [-0.05, 0) is 49.6 Å². The number of piperazine rings is 1. The van der Waals surface area contributed by atoms with E-state index in [0.29, 0.717) is 24.6 Å². The van der Waals surface area contributed by atoms with Crippen LogP contribution in [0.5, 0.6) is 0 Å². The number of carbonyl (C=O) groups excluding carboxylic acids is 3. The lowest BCUT2D eigenvalue weighted by atomic mass is 9.87. The Morgan fingerprint density at radius 3 is 2.44 bits per heavy atom. The summed E-state index contributed by atoms with van der Waals surface area (Å²) in [6.07, 6.45) is 2.76. The summed E-state index contributed by atoms with van der Waals surface area (Å²) >= 11 is 0. The maximum absolute atomic E-state index is 13.9. The number of nitrogens with two attached hydrogens (primary N) is 1. The van der Waals surface area contributed by atoms with Crippen LogP contribution < -0.4 is 11.2 Å². The smallest absolute Gasteiger partial charge is 0.275 e. The number of aliphatic imine (C=N–C) groups is 1. The quantitative estimate of drug-likeness (QED) is 0.0970. The van der Waals surface area contributed by atoms with Crippen molar-refractivity contribution in [1.29, 1.82) is 0 Å². The average Bonchev–Trinajstić information content (AvgIpc) is 3.50. The van der Waals surface area contributed by atoms with E-state index in [9.17, 15) is 18.8 Å². The number of aliphatic hydroxyl groups is 1. The minimum atomic E-state index is -0.788. The Labute approximate surface area is 290 Å². The van der Waals surface area contributed by atoms with Crippen LogP contribution in [0.15, 0.2) is 46.6 Å². The third-order valence-electron chi connectivity index (χ3n) is 8.01. The minimum absolute atomic E-state index is 0.0552. The Morgan fingerprint density at radius 2 is 1.80 bits per heavy atom. The van der Waals surface area contributed by atoms with Crippen molar-refractivity contribution in [1.82, 2.24) is 29.7 Å². The molecule has 4 N–H and O–H groups in total. The molecule has 1 aliphatic rings. The standard InChI is InChI=1S/C34H46FN9O6/c1-33(2,3)25-18-26(23-6-8-24(35)9-7-23)41-44-21-28(39-30(25)44)32(48)43-12-11-42(22-34(43,4)5)31(47)27(40-36)19-37-20-29(46)38-10-14-49-16-17-50-15-13-45/h6-9,18-19,21,45H,10-17,20,22,36H2,1-5H3,(H,38,46)/b37-19?,40-27+. The number of hydrogen-bond donors (Lipinski definition) is 3. The zero-order valence-electron chi connectivity index (χ0n) is 29.2. The van der Waals surface area contributed by atoms with Crippen LogP contribution >= 0.6 is 0 Å². The number of aliphatic hydroxyl groups excluding tert-OH is 1. The fourth-order valence-electron chi connectivity index (χ4n) is 5.46. The Balaban J connectivity index is 1.38. The SMILES string of the molecule is CC(C)(C)c1cc(-c2ccc(F)cc2)nn2cc(C(=O)N3CCN(C(=O)/C(C=NCC(=O)NCCOCCOCCO)=N/N)CC3(C)C)nc12. The summed E-state index contributed by atoms with van der Waals surface area (Å²) in [5.41, 5.74) is 1.73. The lowest BCUT2D eigenvalue weighted by Crippen LogP contribution is -2.63. The largest absolute Gasteiger partial charge is 0.394 e. The number of halogens is 1. The first-order valence-electron chi connectivity index (χ1n) is 16.3. The number of benzene rings is 1. The van der Waals surface area contributed by atoms with Gasteiger partial charge in [-0.15, -0.1) is 0 Å². The molecule has 0 aliphatic carbocycles. The molecule has 1 fully saturated rings. The highest BCUT2D eigenvalue weighted by Crippen LogP contribution is 2.31. The monoisotopic (exact) mass is 695 g/mol. The molecule has 15 nitrogen and oxygen atoms in total. The van der Waals surface area contributed by atoms with E-state index in [1.165, 1.54) is 12.1 Å². The van der Waals surface area contributed by atoms with Gasteiger partial charge in [0.15, 0.2) is 11.4 Å². The van der Waals surface area contributed by atoms with Gasteiger partial charge in [0.2, 0.25) is 5.91 Å². The van der Waals surface area contributed by atoms with E-state index in [-0.39, 0.29) is 87.0 Å². The Hall–Kier alpha value is -4.80. The summed E-state index contributed by atoms with van der Waals surface area (Å²) in [7, 11) is 0. The highest BCUT2D eigenvalue weighted by Gasteiger charge is 2.40. The Kier molecular flexibility index (Phi) is 12.7. The normalized spacial score (nSPS) is 15.2. The molecule has 0 atom stereocenters. The van der Waals surface area contributed by atoms with E-state index >= 15 is 0 Å². The topological polar surface area (TPSA) is 189 Å². The van der Waals surface area contributed by atoms with Crippen LogP contribution in [0.3, 0.4) is 0 Å². The van der Waals surface area contributed by atoms with Gasteiger partial charge in [0.05, 0.1) is 56.7 Å². The first-order chi connectivity index (χ1) is 23.7. The van der Waals surface area contributed by atoms with Crippen LogP contribution in [0.4, 0.5) is 4.39 Å². The van der Waals surface area contributed by atoms with Gasteiger partial charge in [-0.1, -0.05) is 20.8 Å². The highest BCUT2D eigenvalue weighted by molar-refractivity contribution is 6.60. The molecule has 50 heavy (non-hydrogen) atoms. The Morgan fingerprint density at radius 1 is 1.10 bits per heavy atom. The number of amides is 3. The van der Waals surface area contributed by atoms with Crippen molar-refractivity contribution in [3.8, 4) is 11.3 Å². The summed E-state index contributed by atoms with van der Waals surface area (Å²) in [6, 6.07) is 7.99. The number of nitrogens with one attached hydrogen (secondary N) is 1. The van der Waals surface area contributed by atoms with E-state index in [4.69, 9.17) is 30.5 Å². The first kappa shape index (κ1) is 38.0. The number of nitrogens with zero attached hydrogens (tertiary/aromatic N) is 7. The van der Waals surface area contributed by atoms with Crippen LogP contribution in [0.25, 0.3) is 16.9 Å². The van der Waals surface area contributed by atoms with E-state index in [0.717, 1.165) is 17.3 Å². The molecule has 0 unspecified atom stereocenters. The molecular weight excluding hydrogens is 649 g/mol. The number of aromatic nitrogens is 3. The predicted molar refractivity (Wildman–Crippen MR) is 185 cm³/mol. The van der Waals surface area contributed by atoms with Crippen LogP contribution in [0.1, 0.15) is 50.7 Å². The predicted octanol–water partition coefficient (Wildman–Crippen LogP) is 1.42. The van der Waals surface area contributed by atoms with Gasteiger partial charge in [-0.2, -0.15) is 10.2 Å². The number of imidazole rings is 1. The summed E-state index contributed by atoms with van der Waals surface area (Å²) in [5.74, 6) is 4.01. The van der Waals surface area contributed by atoms with Crippen molar-refractivity contribution in [3.63, 3.8) is 0 Å². The van der Waals surface area contributed by atoms with E-state index in [1.54, 1.807) is 32.6 Å². The van der Waals surface area contributed by atoms with Gasteiger partial charge < -0.3 is 35.5 Å². The Bertz CT molecular complexity index is 1720. The first-order valence-corrected chi connectivity index (χ1v) is 16.3. The molecule has 1 saturated heterocycles. The van der Waals surface area contributed by atoms with Crippen molar-refractivity contribution >= 4 is 35.3 Å². The maximum Gasteiger partial charge on any atom is 0.275 e. The number of ether oxygens (including phenoxy) is 2. The molecule has 0 saturated carbocycles. The molecule has 16 heteroatoms. The van der Waals surface area contributed by atoms with Crippen molar-refractivity contribution in [2.75, 3.05) is 65.8 Å². The van der Waals surface area contributed by atoms with Crippen molar-refractivity contribution < 1.29 is 33.4 Å². The fourth-order valence-corrected chi connectivity index (χ4v) is 5.46. The molecule has 0 radical (unpaired) electrons. The molecule has 0 bridgehead atoms. The number of hydrogen-bond acceptors (Lipinski definition) is 11. The molecule has 3 aromatic rings. The van der Waals surface area contributed by atoms with E-state index in [2.05, 4.69) is 15.4 Å². The summed E-state index contributed by atoms with van der Waals surface area (Å²) < 4.78 is 25.6. The molecule has 0 spiro atoms. The van der Waals surface area contributed by atoms with E-state index in [1.807, 2.05) is 40.7 Å². The molecule has 270 valence electrons. The lowest BCUT2D eigenvalue weighted by molar-refractivity contribution is -0.128. The molecule has 2 aromatic heterocycles. The van der Waals surface area contributed by atoms with Gasteiger partial charge >= 0.3 is 0 Å². The van der Waals surface area contributed by atoms with Crippen molar-refractivity contribution in [3.05, 3.63) is 53.6 Å². The zero-order chi connectivity index (χ0) is 36.5. The molecular formula is C34H46FN9O6. The second kappa shape index (κ2) is 16.7. The number of rotatable bonds is 14. The van der Waals surface area contributed by atoms with Crippen LogP contribution in [0.2, 0.25) is 0 Å². The second-order valence-electron chi connectivity index (χ2n) is 13.4. The molecule has 3 heterocycles. The third kappa shape index (κ3) is 9.67. The van der Waals surface area contributed by atoms with Gasteiger partial charge in [0.25, 0.3) is 11.8 Å². The number of fused-ring (bicyclic) bond motifs is 1. The highest BCUT2D eigenvalue weighted by atomic mass is 19.1. The van der Waals surface area contributed by atoms with Gasteiger partial charge in [-0.3, -0.25) is 19.4 Å². The molecule has 4 rings (SSSR count). The van der Waals surface area contributed by atoms with Crippen molar-refractivity contribution in [2.45, 2.75) is 45.6 Å². The maximum atomic E-state index is 13.9. The van der Waals surface area contributed by atoms with Crippen LogP contribution in [0, 0.1) is 5.82 Å². The van der Waals surface area contributed by atoms with Crippen LogP contribution in [-0.2, 0) is 24.5 Å². The summed E-state index contributed by atoms with van der Waals surface area (Å²) in [4.78, 5) is 51.3. The lowest BCUT2D eigenvalue weighted by Gasteiger charge is -2.46. The molecule has 1 aromatic carbocycles. The minimum Gasteiger partial charge on any atom is -0.394 e. The van der Waals surface area contributed by atoms with Gasteiger partial charge in [0.1, 0.15) is 18.1 Å². The summed E-state index contributed by atoms with van der Waals surface area (Å²) in [6.45, 7) is 11.6. The fraction of sp³-hybridized carbons (Fsp3) is 0.500. The van der Waals surface area contributed by atoms with E-state index < -0.39 is 11.4 Å². The molecule has 1 aliphatic heterocycles. The third-order valence-corrected chi connectivity index (χ3v) is 8.01. The molecule has 3 amide bonds. The summed E-state index contributed by atoms with van der Waals surface area (Å²) in [5, 5.41) is 19.6. The van der Waals surface area contributed by atoms with Crippen LogP contribution in [-0.4, -0.2) is 130 Å². The van der Waals surface area contributed by atoms with Gasteiger partial charge in [0, 0.05) is 37.3 Å². The van der Waals surface area contributed by atoms with Gasteiger partial charge in [-0.25, -0.2) is 13.9 Å². The number of hydrazone groups is 1. The van der Waals surface area contributed by atoms with Crippen molar-refractivity contribution in [2.24, 2.45) is 15.9 Å². The number of carbonyl (C=O) groups is 3. The zero-order valence-corrected chi connectivity index (χ0v) is 29.2. The second-order valence-corrected chi connectivity index (χ2v) is 13.4.